The van der Waals surface area contributed by atoms with Gasteiger partial charge in [0.05, 0.1) is 25.3 Å². The first-order valence-corrected chi connectivity index (χ1v) is 14.9. The summed E-state index contributed by atoms with van der Waals surface area (Å²) < 4.78 is 4.73. The van der Waals surface area contributed by atoms with E-state index in [1.165, 1.54) is 12.7 Å². The molecule has 1 aliphatic heterocycles. The number of hydrogen-bond donors (Lipinski definition) is 2. The molecule has 2 unspecified atom stereocenters. The first-order chi connectivity index (χ1) is 20.9. The third kappa shape index (κ3) is 6.88. The minimum atomic E-state index is -0.863. The predicted octanol–water partition coefficient (Wildman–Crippen LogP) is 4.98. The molecule has 0 saturated carbocycles. The molecule has 0 bridgehead atoms. The van der Waals surface area contributed by atoms with E-state index in [0.717, 1.165) is 43.2 Å². The van der Waals surface area contributed by atoms with E-state index in [0.29, 0.717) is 16.8 Å². The number of piperazine rings is 1. The Morgan fingerprint density at radius 2 is 1.63 bits per heavy atom. The Balaban J connectivity index is 1.34. The van der Waals surface area contributed by atoms with Crippen LogP contribution in [0.1, 0.15) is 69.6 Å². The largest absolute Gasteiger partial charge is 0.465 e. The number of aryl methyl sites for hydroxylation is 2. The maximum atomic E-state index is 13.9. The van der Waals surface area contributed by atoms with Gasteiger partial charge >= 0.3 is 12.0 Å². The molecule has 2 aliphatic rings. The van der Waals surface area contributed by atoms with E-state index in [-0.39, 0.29) is 43.5 Å². The highest BCUT2D eigenvalue weighted by atomic mass is 16.5. The number of esters is 1. The molecule has 1 fully saturated rings. The Hall–Kier alpha value is -4.66. The molecule has 0 spiro atoms. The summed E-state index contributed by atoms with van der Waals surface area (Å²) in [5.41, 5.74) is 4.88. The molecule has 1 heterocycles. The van der Waals surface area contributed by atoms with Gasteiger partial charge in [-0.15, -0.1) is 0 Å². The van der Waals surface area contributed by atoms with Crippen LogP contribution in [0, 0.1) is 0 Å². The number of carbonyl (C=O) groups excluding carboxylic acids is 4. The number of nitrogens with zero attached hydrogens (tertiary/aromatic N) is 2. The normalized spacial score (nSPS) is 17.9. The van der Waals surface area contributed by atoms with Crippen LogP contribution in [0.4, 0.5) is 10.5 Å². The number of amides is 4. The average Bonchev–Trinajstić information content (AvgIpc) is 3.04. The molecular weight excluding hydrogens is 544 g/mol. The van der Waals surface area contributed by atoms with Crippen LogP contribution in [0.5, 0.6) is 0 Å². The van der Waals surface area contributed by atoms with Gasteiger partial charge in [-0.05, 0) is 78.8 Å². The monoisotopic (exact) mass is 582 g/mol. The highest BCUT2D eigenvalue weighted by Crippen LogP contribution is 2.30. The minimum absolute atomic E-state index is 0.0476. The standard InChI is InChI=1S/C34H38N4O5/c1-3-7-23-12-14-25(15-13-23)32(40)38-21-20-37(34(42)35-27-18-16-26(17-19-27)33(41)43-2)22-30(38)31(39)36-29-11-6-9-24-8-4-5-10-28(24)29/h4-5,8,10,12-19,29-30H,3,6-7,9,11,20-22H2,1-2H3,(H,35,42)(H,36,39). The lowest BCUT2D eigenvalue weighted by atomic mass is 9.87. The minimum Gasteiger partial charge on any atom is -0.465 e. The number of hydrogen-bond acceptors (Lipinski definition) is 5. The van der Waals surface area contributed by atoms with Gasteiger partial charge in [-0.2, -0.15) is 0 Å². The van der Waals surface area contributed by atoms with Crippen molar-refractivity contribution in [2.45, 2.75) is 51.1 Å². The molecule has 9 heteroatoms. The van der Waals surface area contributed by atoms with E-state index in [9.17, 15) is 19.2 Å². The average molecular weight is 583 g/mol. The Labute approximate surface area is 252 Å². The fraction of sp³-hybridized carbons (Fsp3) is 0.353. The number of ether oxygens (including phenoxy) is 1. The van der Waals surface area contributed by atoms with E-state index in [2.05, 4.69) is 23.6 Å². The molecule has 9 nitrogen and oxygen atoms in total. The summed E-state index contributed by atoms with van der Waals surface area (Å²) in [5, 5.41) is 6.05. The van der Waals surface area contributed by atoms with Gasteiger partial charge < -0.3 is 25.2 Å². The van der Waals surface area contributed by atoms with Gasteiger partial charge in [0.1, 0.15) is 6.04 Å². The van der Waals surface area contributed by atoms with Crippen molar-refractivity contribution in [3.8, 4) is 0 Å². The van der Waals surface area contributed by atoms with E-state index in [1.54, 1.807) is 34.1 Å². The van der Waals surface area contributed by atoms with Crippen molar-refractivity contribution in [2.24, 2.45) is 0 Å². The van der Waals surface area contributed by atoms with Crippen LogP contribution in [0.2, 0.25) is 0 Å². The van der Waals surface area contributed by atoms with Crippen molar-refractivity contribution in [2.75, 3.05) is 32.1 Å². The Kier molecular flexibility index (Phi) is 9.39. The summed E-state index contributed by atoms with van der Waals surface area (Å²) in [4.78, 5) is 55.9. The number of rotatable bonds is 7. The number of carbonyl (C=O) groups is 4. The van der Waals surface area contributed by atoms with Crippen LogP contribution in [0.25, 0.3) is 0 Å². The van der Waals surface area contributed by atoms with Crippen LogP contribution < -0.4 is 10.6 Å². The molecule has 1 saturated heterocycles. The zero-order chi connectivity index (χ0) is 30.3. The second-order valence-corrected chi connectivity index (χ2v) is 11.1. The maximum absolute atomic E-state index is 13.9. The van der Waals surface area contributed by atoms with E-state index in [1.807, 2.05) is 42.5 Å². The van der Waals surface area contributed by atoms with Crippen LogP contribution in [0.3, 0.4) is 0 Å². The summed E-state index contributed by atoms with van der Waals surface area (Å²) in [6.45, 7) is 2.64. The number of benzene rings is 3. The molecule has 2 atom stereocenters. The Morgan fingerprint density at radius 1 is 0.907 bits per heavy atom. The van der Waals surface area contributed by atoms with Crippen molar-refractivity contribution < 1.29 is 23.9 Å². The molecule has 1 aliphatic carbocycles. The van der Waals surface area contributed by atoms with Crippen molar-refractivity contribution in [3.63, 3.8) is 0 Å². The van der Waals surface area contributed by atoms with Gasteiger partial charge in [0.25, 0.3) is 5.91 Å². The van der Waals surface area contributed by atoms with E-state index in [4.69, 9.17) is 4.74 Å². The molecule has 0 aromatic heterocycles. The van der Waals surface area contributed by atoms with Gasteiger partial charge in [0, 0.05) is 24.3 Å². The first-order valence-electron chi connectivity index (χ1n) is 14.9. The number of nitrogens with one attached hydrogen (secondary N) is 2. The summed E-state index contributed by atoms with van der Waals surface area (Å²) in [6, 6.07) is 20.7. The van der Waals surface area contributed by atoms with Crippen LogP contribution >= 0.6 is 0 Å². The zero-order valence-electron chi connectivity index (χ0n) is 24.7. The number of anilines is 1. The van der Waals surface area contributed by atoms with Gasteiger partial charge in [-0.1, -0.05) is 49.7 Å². The summed E-state index contributed by atoms with van der Waals surface area (Å²) in [5.74, 6) is -0.976. The second kappa shape index (κ2) is 13.5. The van der Waals surface area contributed by atoms with Crippen LogP contribution in [-0.2, 0) is 22.4 Å². The molecule has 0 radical (unpaired) electrons. The molecule has 2 N–H and O–H groups in total. The number of urea groups is 1. The number of fused-ring (bicyclic) bond motifs is 1. The lowest BCUT2D eigenvalue weighted by molar-refractivity contribution is -0.128. The van der Waals surface area contributed by atoms with E-state index < -0.39 is 12.0 Å². The third-order valence-corrected chi connectivity index (χ3v) is 8.21. The summed E-state index contributed by atoms with van der Waals surface area (Å²) >= 11 is 0. The van der Waals surface area contributed by atoms with Crippen molar-refractivity contribution in [1.29, 1.82) is 0 Å². The topological polar surface area (TPSA) is 108 Å². The molecule has 43 heavy (non-hydrogen) atoms. The summed E-state index contributed by atoms with van der Waals surface area (Å²) in [7, 11) is 1.31. The van der Waals surface area contributed by atoms with Crippen molar-refractivity contribution in [3.05, 3.63) is 101 Å². The molecule has 4 amide bonds. The molecule has 3 aromatic rings. The Morgan fingerprint density at radius 3 is 2.35 bits per heavy atom. The third-order valence-electron chi connectivity index (χ3n) is 8.21. The quantitative estimate of drug-likeness (QED) is 0.382. The maximum Gasteiger partial charge on any atom is 0.337 e. The van der Waals surface area contributed by atoms with Gasteiger partial charge in [0.15, 0.2) is 0 Å². The highest BCUT2D eigenvalue weighted by Gasteiger charge is 2.38. The van der Waals surface area contributed by atoms with E-state index >= 15 is 0 Å². The fourth-order valence-electron chi connectivity index (χ4n) is 5.89. The van der Waals surface area contributed by atoms with Gasteiger partial charge in [-0.3, -0.25) is 9.59 Å². The highest BCUT2D eigenvalue weighted by molar-refractivity contribution is 5.99. The van der Waals surface area contributed by atoms with Crippen LogP contribution in [-0.4, -0.2) is 66.4 Å². The Bertz CT molecular complexity index is 1470. The van der Waals surface area contributed by atoms with Gasteiger partial charge in [-0.25, -0.2) is 9.59 Å². The molecule has 5 rings (SSSR count). The lowest BCUT2D eigenvalue weighted by Gasteiger charge is -2.41. The molecular formula is C34H38N4O5. The van der Waals surface area contributed by atoms with Crippen molar-refractivity contribution in [1.82, 2.24) is 15.1 Å². The second-order valence-electron chi connectivity index (χ2n) is 11.1. The summed E-state index contributed by atoms with van der Waals surface area (Å²) in [6.07, 6.45) is 4.69. The molecule has 3 aromatic carbocycles. The zero-order valence-corrected chi connectivity index (χ0v) is 24.7. The lowest BCUT2D eigenvalue weighted by Crippen LogP contribution is -2.62. The van der Waals surface area contributed by atoms with Crippen LogP contribution in [0.15, 0.2) is 72.8 Å². The SMILES string of the molecule is CCCc1ccc(C(=O)N2CCN(C(=O)Nc3ccc(C(=O)OC)cc3)CC2C(=O)NC2CCCc3ccccc32)cc1. The fourth-order valence-corrected chi connectivity index (χ4v) is 5.89. The smallest absolute Gasteiger partial charge is 0.337 e. The predicted molar refractivity (Wildman–Crippen MR) is 164 cm³/mol. The molecule has 224 valence electrons. The van der Waals surface area contributed by atoms with Crippen molar-refractivity contribution >= 4 is 29.5 Å². The van der Waals surface area contributed by atoms with Gasteiger partial charge in [0.2, 0.25) is 5.91 Å². The first kappa shape index (κ1) is 29.8. The number of methoxy groups -OCH3 is 1.